The molecule has 2 saturated carbocycles. The molecule has 1 saturated heterocycles. The summed E-state index contributed by atoms with van der Waals surface area (Å²) in [5, 5.41) is 22.4. The van der Waals surface area contributed by atoms with Crippen LogP contribution in [0.25, 0.3) is 0 Å². The zero-order valence-corrected chi connectivity index (χ0v) is 21.3. The average molecular weight is 493 g/mol. The Hall–Kier alpha value is -2.23. The van der Waals surface area contributed by atoms with E-state index in [4.69, 9.17) is 18.9 Å². The SMILES string of the molecule is C=C1[C@@H](O)CC[C@@]2(C)C(OC(C)=O)[C@H](OC(C)=O)C3=C(C)C4(O)C[C@@H]([C@@H](OC(C)=O)[C@H]12)C3(C)CO4. The molecule has 35 heavy (non-hydrogen) atoms. The number of fused-ring (bicyclic) bond motifs is 2. The minimum absolute atomic E-state index is 0.0849. The fraction of sp³-hybridized carbons (Fsp3) is 0.731. The van der Waals surface area contributed by atoms with E-state index < -0.39 is 70.8 Å². The summed E-state index contributed by atoms with van der Waals surface area (Å²) in [6, 6.07) is 0. The van der Waals surface area contributed by atoms with Crippen LogP contribution in [0.15, 0.2) is 23.3 Å². The predicted molar refractivity (Wildman–Crippen MR) is 122 cm³/mol. The number of aliphatic hydroxyl groups is 2. The zero-order valence-electron chi connectivity index (χ0n) is 21.3. The lowest BCUT2D eigenvalue weighted by Crippen LogP contribution is -2.69. The number of hydrogen-bond donors (Lipinski definition) is 2. The van der Waals surface area contributed by atoms with Gasteiger partial charge in [-0.3, -0.25) is 14.4 Å². The van der Waals surface area contributed by atoms with Crippen molar-refractivity contribution in [1.82, 2.24) is 0 Å². The van der Waals surface area contributed by atoms with Crippen molar-refractivity contribution in [2.75, 3.05) is 6.61 Å². The molecule has 0 aromatic heterocycles. The largest absolute Gasteiger partial charge is 0.462 e. The molecule has 0 aromatic carbocycles. The average Bonchev–Trinajstić information content (AvgIpc) is 2.73. The van der Waals surface area contributed by atoms with Crippen molar-refractivity contribution in [3.8, 4) is 0 Å². The number of rotatable bonds is 3. The van der Waals surface area contributed by atoms with Gasteiger partial charge in [-0.25, -0.2) is 0 Å². The summed E-state index contributed by atoms with van der Waals surface area (Å²) in [7, 11) is 0. The van der Waals surface area contributed by atoms with Crippen LogP contribution in [0.4, 0.5) is 0 Å². The summed E-state index contributed by atoms with van der Waals surface area (Å²) < 4.78 is 23.7. The second kappa shape index (κ2) is 8.42. The molecule has 3 aliphatic carbocycles. The normalized spacial score (nSPS) is 44.6. The monoisotopic (exact) mass is 492 g/mol. The first-order chi connectivity index (χ1) is 16.2. The molecule has 3 unspecified atom stereocenters. The van der Waals surface area contributed by atoms with E-state index in [-0.39, 0.29) is 13.0 Å². The predicted octanol–water partition coefficient (Wildman–Crippen LogP) is 2.19. The lowest BCUT2D eigenvalue weighted by molar-refractivity contribution is -0.283. The van der Waals surface area contributed by atoms with Crippen molar-refractivity contribution < 1.29 is 43.5 Å². The van der Waals surface area contributed by atoms with Crippen molar-refractivity contribution in [1.29, 1.82) is 0 Å². The third kappa shape index (κ3) is 3.83. The Morgan fingerprint density at radius 1 is 1.06 bits per heavy atom. The van der Waals surface area contributed by atoms with Crippen molar-refractivity contribution >= 4 is 17.9 Å². The number of hydrogen-bond acceptors (Lipinski definition) is 9. The number of aliphatic hydroxyl groups excluding tert-OH is 1. The first-order valence-electron chi connectivity index (χ1n) is 12.1. The van der Waals surface area contributed by atoms with Gasteiger partial charge in [0, 0.05) is 49.9 Å². The maximum atomic E-state index is 12.4. The Labute approximate surface area is 205 Å². The van der Waals surface area contributed by atoms with Crippen LogP contribution < -0.4 is 0 Å². The van der Waals surface area contributed by atoms with E-state index >= 15 is 0 Å². The van der Waals surface area contributed by atoms with Gasteiger partial charge in [0.05, 0.1) is 12.7 Å². The highest BCUT2D eigenvalue weighted by Gasteiger charge is 2.68. The summed E-state index contributed by atoms with van der Waals surface area (Å²) in [4.78, 5) is 37.2. The van der Waals surface area contributed by atoms with E-state index in [2.05, 4.69) is 6.58 Å². The minimum Gasteiger partial charge on any atom is -0.462 e. The molecule has 0 amide bonds. The van der Waals surface area contributed by atoms with Gasteiger partial charge in [0.15, 0.2) is 11.9 Å². The second-order valence-electron chi connectivity index (χ2n) is 11.1. The molecule has 0 aromatic rings. The van der Waals surface area contributed by atoms with Crippen molar-refractivity contribution in [2.24, 2.45) is 22.7 Å². The van der Waals surface area contributed by atoms with Crippen LogP contribution >= 0.6 is 0 Å². The lowest BCUT2D eigenvalue weighted by Gasteiger charge is -2.64. The molecule has 2 heterocycles. The molecule has 3 fully saturated rings. The number of esters is 3. The Balaban J connectivity index is 2.06. The topological polar surface area (TPSA) is 129 Å². The van der Waals surface area contributed by atoms with Crippen LogP contribution in [0.2, 0.25) is 0 Å². The molecule has 2 N–H and O–H groups in total. The smallest absolute Gasteiger partial charge is 0.303 e. The second-order valence-corrected chi connectivity index (χ2v) is 11.1. The zero-order chi connectivity index (χ0) is 26.1. The molecule has 0 spiro atoms. The summed E-state index contributed by atoms with van der Waals surface area (Å²) in [6.45, 7) is 13.7. The highest BCUT2D eigenvalue weighted by Crippen LogP contribution is 2.64. The van der Waals surface area contributed by atoms with Gasteiger partial charge in [-0.1, -0.05) is 20.4 Å². The van der Waals surface area contributed by atoms with E-state index in [1.165, 1.54) is 20.8 Å². The fourth-order valence-corrected chi connectivity index (χ4v) is 7.22. The van der Waals surface area contributed by atoms with E-state index in [1.54, 1.807) is 6.92 Å². The Kier molecular flexibility index (Phi) is 6.22. The number of carbonyl (C=O) groups is 3. The molecule has 0 radical (unpaired) electrons. The third-order valence-corrected chi connectivity index (χ3v) is 8.85. The van der Waals surface area contributed by atoms with Gasteiger partial charge in [0.1, 0.15) is 12.2 Å². The summed E-state index contributed by atoms with van der Waals surface area (Å²) >= 11 is 0. The van der Waals surface area contributed by atoms with Gasteiger partial charge in [0.2, 0.25) is 0 Å². The van der Waals surface area contributed by atoms with Crippen LogP contribution in [-0.4, -0.2) is 64.9 Å². The first kappa shape index (κ1) is 25.9. The fourth-order valence-electron chi connectivity index (χ4n) is 7.22. The van der Waals surface area contributed by atoms with Crippen LogP contribution in [-0.2, 0) is 33.3 Å². The maximum absolute atomic E-state index is 12.4. The van der Waals surface area contributed by atoms with Gasteiger partial charge >= 0.3 is 17.9 Å². The maximum Gasteiger partial charge on any atom is 0.303 e. The minimum atomic E-state index is -1.67. The van der Waals surface area contributed by atoms with Gasteiger partial charge < -0.3 is 29.2 Å². The molecule has 9 heteroatoms. The van der Waals surface area contributed by atoms with Crippen LogP contribution in [0, 0.1) is 22.7 Å². The Bertz CT molecular complexity index is 1000. The third-order valence-electron chi connectivity index (χ3n) is 8.85. The van der Waals surface area contributed by atoms with Gasteiger partial charge in [-0.05, 0) is 36.5 Å². The first-order valence-corrected chi connectivity index (χ1v) is 12.1. The van der Waals surface area contributed by atoms with Crippen LogP contribution in [0.5, 0.6) is 0 Å². The molecule has 9 atom stereocenters. The van der Waals surface area contributed by atoms with Crippen LogP contribution in [0.1, 0.15) is 60.8 Å². The Morgan fingerprint density at radius 3 is 2.23 bits per heavy atom. The van der Waals surface area contributed by atoms with E-state index in [0.29, 0.717) is 29.6 Å². The Morgan fingerprint density at radius 2 is 1.66 bits per heavy atom. The number of carbonyl (C=O) groups excluding carboxylic acids is 3. The number of ether oxygens (including phenoxy) is 4. The quantitative estimate of drug-likeness (QED) is 0.346. The molecule has 4 bridgehead atoms. The van der Waals surface area contributed by atoms with E-state index in [0.717, 1.165) is 0 Å². The summed E-state index contributed by atoms with van der Waals surface area (Å²) in [6.07, 6.45) is -2.72. The van der Waals surface area contributed by atoms with Gasteiger partial charge in [0.25, 0.3) is 0 Å². The molecule has 5 rings (SSSR count). The lowest BCUT2D eigenvalue weighted by atomic mass is 9.48. The molecule has 194 valence electrons. The van der Waals surface area contributed by atoms with Gasteiger partial charge in [-0.15, -0.1) is 0 Å². The highest BCUT2D eigenvalue weighted by molar-refractivity contribution is 5.68. The molecule has 5 aliphatic rings. The van der Waals surface area contributed by atoms with Crippen molar-refractivity contribution in [3.05, 3.63) is 23.3 Å². The summed E-state index contributed by atoms with van der Waals surface area (Å²) in [5.41, 5.74) is -0.132. The highest BCUT2D eigenvalue weighted by atomic mass is 16.6. The molecule has 9 nitrogen and oxygen atoms in total. The van der Waals surface area contributed by atoms with E-state index in [9.17, 15) is 24.6 Å². The summed E-state index contributed by atoms with van der Waals surface area (Å²) in [5.74, 6) is -4.38. The van der Waals surface area contributed by atoms with Crippen molar-refractivity contribution in [2.45, 2.75) is 91.0 Å². The van der Waals surface area contributed by atoms with Crippen LogP contribution in [0.3, 0.4) is 0 Å². The van der Waals surface area contributed by atoms with Gasteiger partial charge in [-0.2, -0.15) is 0 Å². The standard InChI is InChI=1S/C26H36O9/c1-12-18(30)8-9-24(6)19(12)21(33-14(3)27)17-10-26(31)13(2)20(25(17,7)11-32-26)22(34-15(4)28)23(24)35-16(5)29/h17-19,21-23,30-31H,1,8-11H2,2-7H3/t17-,18-,19-,21+,22+,23?,24+,25?,26?/m0/s1. The van der Waals surface area contributed by atoms with Crippen molar-refractivity contribution in [3.63, 3.8) is 0 Å². The molecular formula is C26H36O9. The molecular weight excluding hydrogens is 456 g/mol. The molecule has 2 aliphatic heterocycles. The van der Waals surface area contributed by atoms with E-state index in [1.807, 2.05) is 13.8 Å².